The maximum absolute atomic E-state index is 13.0. The number of fused-ring (bicyclic) bond motifs is 4. The molecule has 3 aliphatic rings. The van der Waals surface area contributed by atoms with E-state index in [1.165, 1.54) is 34.4 Å². The van der Waals surface area contributed by atoms with Crippen LogP contribution in [0.3, 0.4) is 0 Å². The lowest BCUT2D eigenvalue weighted by Gasteiger charge is -2.26. The molecule has 0 saturated carbocycles. The number of nitrogens with two attached hydrogens (primary N) is 1. The highest BCUT2D eigenvalue weighted by atomic mass is 31.2. The molecule has 5 N–H and O–H groups in total. The summed E-state index contributed by atoms with van der Waals surface area (Å²) < 4.78 is 62.2. The lowest BCUT2D eigenvalue weighted by Crippen LogP contribution is -2.32. The molecule has 2 unspecified atom stereocenters. The Bertz CT molecular complexity index is 1810. The van der Waals surface area contributed by atoms with Crippen LogP contribution >= 0.6 is 15.6 Å². The zero-order chi connectivity index (χ0) is 29.2. The van der Waals surface area contributed by atoms with Crippen molar-refractivity contribution >= 4 is 43.8 Å². The number of ether oxygens (including phenoxy) is 2. The van der Waals surface area contributed by atoms with Gasteiger partial charge in [0, 0.05) is 12.8 Å². The molecule has 3 fully saturated rings. The average Bonchev–Trinajstić information content (AvgIpc) is 3.71. The third-order valence-electron chi connectivity index (χ3n) is 7.07. The number of hydrogen-bond acceptors (Lipinski definition) is 15. The second kappa shape index (κ2) is 10.2. The van der Waals surface area contributed by atoms with Crippen LogP contribution < -0.4 is 11.3 Å². The highest BCUT2D eigenvalue weighted by molar-refractivity contribution is 7.47. The van der Waals surface area contributed by atoms with Crippen molar-refractivity contribution < 1.29 is 46.5 Å². The Labute approximate surface area is 234 Å². The van der Waals surface area contributed by atoms with E-state index in [4.69, 9.17) is 33.3 Å². The molecular formula is C20H23N9O11P2. The minimum Gasteiger partial charge on any atom is -0.382 e. The number of anilines is 1. The van der Waals surface area contributed by atoms with Crippen LogP contribution in [0.1, 0.15) is 25.3 Å². The van der Waals surface area contributed by atoms with Crippen molar-refractivity contribution in [2.75, 3.05) is 18.9 Å². The van der Waals surface area contributed by atoms with Crippen molar-refractivity contribution in [3.05, 3.63) is 35.7 Å². The Kier molecular flexibility index (Phi) is 6.74. The van der Waals surface area contributed by atoms with Crippen molar-refractivity contribution in [1.29, 1.82) is 0 Å². The minimum absolute atomic E-state index is 0.00163. The van der Waals surface area contributed by atoms with Crippen LogP contribution in [0.2, 0.25) is 0 Å². The predicted molar refractivity (Wildman–Crippen MR) is 136 cm³/mol. The van der Waals surface area contributed by atoms with Gasteiger partial charge in [0.2, 0.25) is 0 Å². The lowest BCUT2D eigenvalue weighted by atomic mass is 10.2. The Balaban J connectivity index is 1.13. The Morgan fingerprint density at radius 3 is 1.95 bits per heavy atom. The number of H-pyrrole nitrogens is 1. The van der Waals surface area contributed by atoms with Gasteiger partial charge in [0.25, 0.3) is 5.56 Å². The topological polar surface area (TPSA) is 263 Å². The van der Waals surface area contributed by atoms with E-state index in [1.807, 2.05) is 0 Å². The molecule has 224 valence electrons. The van der Waals surface area contributed by atoms with Crippen LogP contribution in [0.4, 0.5) is 5.82 Å². The molecule has 4 aromatic heterocycles. The minimum atomic E-state index is -4.73. The van der Waals surface area contributed by atoms with E-state index in [9.17, 15) is 23.7 Å². The lowest BCUT2D eigenvalue weighted by molar-refractivity contribution is -0.0661. The van der Waals surface area contributed by atoms with Crippen molar-refractivity contribution in [2.24, 2.45) is 0 Å². The van der Waals surface area contributed by atoms with Crippen LogP contribution in [0, 0.1) is 0 Å². The van der Waals surface area contributed by atoms with Gasteiger partial charge < -0.3 is 30.0 Å². The first kappa shape index (κ1) is 27.7. The highest BCUT2D eigenvalue weighted by Crippen LogP contribution is 2.53. The zero-order valence-electron chi connectivity index (χ0n) is 21.3. The third kappa shape index (κ3) is 5.05. The summed E-state index contributed by atoms with van der Waals surface area (Å²) in [6, 6.07) is 0. The molecule has 42 heavy (non-hydrogen) atoms. The van der Waals surface area contributed by atoms with Gasteiger partial charge in [0.1, 0.15) is 48.7 Å². The molecule has 7 rings (SSSR count). The molecule has 3 aliphatic heterocycles. The first-order valence-electron chi connectivity index (χ1n) is 12.5. The van der Waals surface area contributed by atoms with Gasteiger partial charge in [-0.1, -0.05) is 0 Å². The number of aromatic nitrogens is 8. The number of nitrogens with zero attached hydrogens (tertiary/aromatic N) is 7. The molecule has 22 heteroatoms. The number of rotatable bonds is 2. The van der Waals surface area contributed by atoms with Gasteiger partial charge in [-0.25, -0.2) is 34.0 Å². The van der Waals surface area contributed by atoms with E-state index < -0.39 is 71.3 Å². The van der Waals surface area contributed by atoms with Gasteiger partial charge in [-0.2, -0.15) is 0 Å². The van der Waals surface area contributed by atoms with Crippen molar-refractivity contribution in [3.63, 3.8) is 0 Å². The van der Waals surface area contributed by atoms with E-state index in [-0.39, 0.29) is 29.8 Å². The third-order valence-corrected chi connectivity index (χ3v) is 9.10. The largest absolute Gasteiger partial charge is 0.472 e. The van der Waals surface area contributed by atoms with Gasteiger partial charge >= 0.3 is 15.6 Å². The summed E-state index contributed by atoms with van der Waals surface area (Å²) >= 11 is 0. The Morgan fingerprint density at radius 1 is 0.810 bits per heavy atom. The molecule has 0 amide bonds. The second-order valence-electron chi connectivity index (χ2n) is 9.68. The molecule has 0 spiro atoms. The summed E-state index contributed by atoms with van der Waals surface area (Å²) in [6.07, 6.45) is -1.03. The van der Waals surface area contributed by atoms with Crippen molar-refractivity contribution in [2.45, 2.75) is 49.7 Å². The maximum Gasteiger partial charge on any atom is 0.472 e. The maximum atomic E-state index is 13.0. The van der Waals surface area contributed by atoms with Crippen molar-refractivity contribution in [1.82, 2.24) is 39.0 Å². The molecule has 0 aliphatic carbocycles. The number of nitrogens with one attached hydrogen (secondary N) is 1. The van der Waals surface area contributed by atoms with Crippen LogP contribution in [0.15, 0.2) is 30.1 Å². The van der Waals surface area contributed by atoms with Gasteiger partial charge in [-0.05, 0) is 0 Å². The monoisotopic (exact) mass is 627 g/mol. The number of aromatic amines is 1. The summed E-state index contributed by atoms with van der Waals surface area (Å²) in [5, 5.41) is 0. The molecule has 3 saturated heterocycles. The van der Waals surface area contributed by atoms with Gasteiger partial charge in [-0.3, -0.25) is 32.0 Å². The van der Waals surface area contributed by atoms with E-state index in [2.05, 4.69) is 29.9 Å². The molecule has 20 nitrogen and oxygen atoms in total. The molecule has 0 aromatic carbocycles. The van der Waals surface area contributed by atoms with Crippen LogP contribution in [-0.4, -0.2) is 86.5 Å². The quantitative estimate of drug-likeness (QED) is 0.215. The van der Waals surface area contributed by atoms with Crippen molar-refractivity contribution in [3.8, 4) is 0 Å². The first-order chi connectivity index (χ1) is 20.1. The Morgan fingerprint density at radius 2 is 1.36 bits per heavy atom. The second-order valence-corrected chi connectivity index (χ2v) is 12.5. The highest BCUT2D eigenvalue weighted by Gasteiger charge is 2.47. The van der Waals surface area contributed by atoms with E-state index in [0.29, 0.717) is 11.2 Å². The summed E-state index contributed by atoms with van der Waals surface area (Å²) in [5.41, 5.74) is 6.30. The van der Waals surface area contributed by atoms with E-state index in [0.717, 1.165) is 0 Å². The number of phosphoric acid groups is 2. The smallest absolute Gasteiger partial charge is 0.382 e. The fraction of sp³-hybridized carbons (Fsp3) is 0.500. The fourth-order valence-corrected chi connectivity index (χ4v) is 7.08. The standard InChI is InChI=1S/C20H23N9O11P2/c21-17-15-18(23-5-22-17)28(7-26-15)13-1-9-11(37-13)3-35-42(33,34)40-10-2-14(38-12(10)4-36-41(31,32)39-9)29-8-27-16-19(29)24-6-25-20(16)30/h5-14H,1-4H2,(H,31,32)(H,33,34)(H2,21,22,23)(H,24,25,30)/t9-,10-,11+,12+,13+,14+/m0/s1. The number of imidazole rings is 2. The number of phosphoric ester groups is 2. The van der Waals surface area contributed by atoms with E-state index >= 15 is 0 Å². The normalized spacial score (nSPS) is 36.0. The van der Waals surface area contributed by atoms with E-state index in [1.54, 1.807) is 0 Å². The molecule has 0 radical (unpaired) electrons. The van der Waals surface area contributed by atoms with Gasteiger partial charge in [0.05, 0.1) is 32.2 Å². The average molecular weight is 627 g/mol. The number of hydrogen-bond donors (Lipinski definition) is 4. The first-order valence-corrected chi connectivity index (χ1v) is 15.5. The fourth-order valence-electron chi connectivity index (χ4n) is 5.16. The predicted octanol–water partition coefficient (Wildman–Crippen LogP) is 0.135. The van der Waals surface area contributed by atoms with Gasteiger partial charge in [0.15, 0.2) is 22.6 Å². The molecule has 8 atom stereocenters. The molecule has 7 heterocycles. The molecule has 0 bridgehead atoms. The SMILES string of the molecule is Nc1ncnc2c1ncn2[C@H]1C[C@@H]2OP(=O)(O)OC[C@H]3O[C@@H](n4cnc5c(=O)[nH]cnc54)C[C@@H]3OP(=O)(O)OC[C@H]2O1. The summed E-state index contributed by atoms with van der Waals surface area (Å²) in [6.45, 7) is -1.10. The van der Waals surface area contributed by atoms with Crippen LogP contribution in [0.5, 0.6) is 0 Å². The summed E-state index contributed by atoms with van der Waals surface area (Å²) in [4.78, 5) is 56.0. The summed E-state index contributed by atoms with van der Waals surface area (Å²) in [7, 11) is -9.45. The van der Waals surface area contributed by atoms with Gasteiger partial charge in [-0.15, -0.1) is 0 Å². The molecular weight excluding hydrogens is 604 g/mol. The summed E-state index contributed by atoms with van der Waals surface area (Å²) in [5.74, 6) is 0.149. The number of nitrogen functional groups attached to an aromatic ring is 1. The molecule has 4 aromatic rings. The Hall–Kier alpha value is -3.16. The zero-order valence-corrected chi connectivity index (χ0v) is 23.1. The van der Waals surface area contributed by atoms with Crippen LogP contribution in [0.25, 0.3) is 22.3 Å². The van der Waals surface area contributed by atoms with Crippen LogP contribution in [-0.2, 0) is 36.7 Å².